The van der Waals surface area contributed by atoms with E-state index in [2.05, 4.69) is 10.3 Å². The number of hydrogen-bond acceptors (Lipinski definition) is 4. The van der Waals surface area contributed by atoms with Crippen molar-refractivity contribution in [2.24, 2.45) is 0 Å². The highest BCUT2D eigenvalue weighted by Gasteiger charge is 2.09. The normalized spacial score (nSPS) is 10.5. The molecule has 0 bridgehead atoms. The van der Waals surface area contributed by atoms with E-state index in [4.69, 9.17) is 4.74 Å². The zero-order valence-corrected chi connectivity index (χ0v) is 14.5. The first-order chi connectivity index (χ1) is 12.1. The van der Waals surface area contributed by atoms with Gasteiger partial charge in [-0.15, -0.1) is 11.3 Å². The van der Waals surface area contributed by atoms with Gasteiger partial charge in [-0.05, 0) is 29.8 Å². The molecule has 0 fully saturated rings. The molecule has 4 nitrogen and oxygen atoms in total. The number of benzene rings is 2. The van der Waals surface area contributed by atoms with Crippen LogP contribution in [0.15, 0.2) is 53.9 Å². The number of hydrogen-bond donors (Lipinski definition) is 1. The molecule has 1 N–H and O–H groups in total. The second kappa shape index (κ2) is 7.90. The van der Waals surface area contributed by atoms with Gasteiger partial charge < -0.3 is 10.1 Å². The molecule has 0 spiro atoms. The lowest BCUT2D eigenvalue weighted by molar-refractivity contribution is -0.120. The fourth-order valence-corrected chi connectivity index (χ4v) is 3.17. The van der Waals surface area contributed by atoms with Crippen LogP contribution in [0.1, 0.15) is 11.3 Å². The number of aromatic nitrogens is 1. The van der Waals surface area contributed by atoms with E-state index in [1.165, 1.54) is 23.5 Å². The molecule has 3 rings (SSSR count). The van der Waals surface area contributed by atoms with Gasteiger partial charge in [0.15, 0.2) is 0 Å². The van der Waals surface area contributed by atoms with Crippen LogP contribution in [0.25, 0.3) is 10.6 Å². The van der Waals surface area contributed by atoms with Crippen LogP contribution >= 0.6 is 11.3 Å². The predicted molar refractivity (Wildman–Crippen MR) is 96.1 cm³/mol. The number of nitrogens with one attached hydrogen (secondary N) is 1. The van der Waals surface area contributed by atoms with Gasteiger partial charge >= 0.3 is 0 Å². The zero-order valence-electron chi connectivity index (χ0n) is 13.7. The Balaban J connectivity index is 1.58. The Morgan fingerprint density at radius 3 is 2.88 bits per heavy atom. The van der Waals surface area contributed by atoms with Crippen LogP contribution < -0.4 is 10.1 Å². The maximum atomic E-state index is 13.3. The van der Waals surface area contributed by atoms with E-state index in [9.17, 15) is 9.18 Å². The molecule has 25 heavy (non-hydrogen) atoms. The van der Waals surface area contributed by atoms with Crippen LogP contribution in [0.3, 0.4) is 0 Å². The number of ether oxygens (including phenoxy) is 1. The number of methoxy groups -OCH3 is 1. The summed E-state index contributed by atoms with van der Waals surface area (Å²) in [6, 6.07) is 13.8. The second-order valence-corrected chi connectivity index (χ2v) is 6.32. The van der Waals surface area contributed by atoms with Crippen LogP contribution in [0, 0.1) is 5.82 Å². The Labute approximate surface area is 149 Å². The summed E-state index contributed by atoms with van der Waals surface area (Å²) in [4.78, 5) is 16.5. The van der Waals surface area contributed by atoms with Crippen molar-refractivity contribution >= 4 is 17.2 Å². The quantitative estimate of drug-likeness (QED) is 0.731. The third-order valence-corrected chi connectivity index (χ3v) is 4.53. The van der Waals surface area contributed by atoms with Crippen LogP contribution in [-0.2, 0) is 17.8 Å². The average molecular weight is 356 g/mol. The van der Waals surface area contributed by atoms with Gasteiger partial charge in [0.25, 0.3) is 0 Å². The lowest BCUT2D eigenvalue weighted by atomic mass is 10.2. The average Bonchev–Trinajstić information content (AvgIpc) is 3.08. The summed E-state index contributed by atoms with van der Waals surface area (Å²) < 4.78 is 18.5. The van der Waals surface area contributed by atoms with Gasteiger partial charge in [-0.25, -0.2) is 9.37 Å². The smallest absolute Gasteiger partial charge is 0.226 e. The van der Waals surface area contributed by atoms with E-state index in [1.54, 1.807) is 19.2 Å². The summed E-state index contributed by atoms with van der Waals surface area (Å²) in [5.74, 6) is 0.343. The fraction of sp³-hybridized carbons (Fsp3) is 0.158. The van der Waals surface area contributed by atoms with Gasteiger partial charge in [-0.2, -0.15) is 0 Å². The van der Waals surface area contributed by atoms with Crippen molar-refractivity contribution < 1.29 is 13.9 Å². The molecule has 128 valence electrons. The van der Waals surface area contributed by atoms with Crippen molar-refractivity contribution in [2.75, 3.05) is 7.11 Å². The predicted octanol–water partition coefficient (Wildman–Crippen LogP) is 3.82. The third-order valence-electron chi connectivity index (χ3n) is 3.59. The van der Waals surface area contributed by atoms with Gasteiger partial charge in [-0.3, -0.25) is 4.79 Å². The Kier molecular flexibility index (Phi) is 5.40. The van der Waals surface area contributed by atoms with Crippen molar-refractivity contribution in [3.05, 3.63) is 71.0 Å². The molecule has 0 saturated heterocycles. The number of halogens is 1. The highest BCUT2D eigenvalue weighted by Crippen LogP contribution is 2.24. The molecule has 3 aromatic rings. The minimum Gasteiger partial charge on any atom is -0.497 e. The van der Waals surface area contributed by atoms with E-state index in [0.717, 1.165) is 11.3 Å². The molecular formula is C19H17FN2O2S. The maximum Gasteiger partial charge on any atom is 0.226 e. The molecule has 0 aliphatic carbocycles. The first-order valence-electron chi connectivity index (χ1n) is 7.74. The first-order valence-corrected chi connectivity index (χ1v) is 8.62. The molecule has 0 aliphatic rings. The summed E-state index contributed by atoms with van der Waals surface area (Å²) in [6.07, 6.45) is 0.190. The van der Waals surface area contributed by atoms with E-state index < -0.39 is 0 Å². The van der Waals surface area contributed by atoms with Crippen molar-refractivity contribution in [3.8, 4) is 16.3 Å². The Morgan fingerprint density at radius 1 is 1.24 bits per heavy atom. The lowest BCUT2D eigenvalue weighted by Crippen LogP contribution is -2.24. The van der Waals surface area contributed by atoms with E-state index in [0.29, 0.717) is 22.8 Å². The SMILES string of the molecule is COc1cccc(CNC(=O)Cc2csc(-c3cccc(F)c3)n2)c1. The van der Waals surface area contributed by atoms with Crippen molar-refractivity contribution in [1.29, 1.82) is 0 Å². The summed E-state index contributed by atoms with van der Waals surface area (Å²) in [7, 11) is 1.61. The van der Waals surface area contributed by atoms with Crippen LogP contribution in [0.4, 0.5) is 4.39 Å². The Morgan fingerprint density at radius 2 is 2.08 bits per heavy atom. The summed E-state index contributed by atoms with van der Waals surface area (Å²) >= 11 is 1.40. The zero-order chi connectivity index (χ0) is 17.6. The number of nitrogens with zero attached hydrogens (tertiary/aromatic N) is 1. The van der Waals surface area contributed by atoms with Crippen LogP contribution in [-0.4, -0.2) is 18.0 Å². The van der Waals surface area contributed by atoms with E-state index >= 15 is 0 Å². The molecule has 1 heterocycles. The number of carbonyl (C=O) groups excluding carboxylic acids is 1. The highest BCUT2D eigenvalue weighted by molar-refractivity contribution is 7.13. The molecule has 2 aromatic carbocycles. The molecule has 0 aliphatic heterocycles. The van der Waals surface area contributed by atoms with Gasteiger partial charge in [0.05, 0.1) is 19.2 Å². The number of amides is 1. The molecule has 1 amide bonds. The highest BCUT2D eigenvalue weighted by atomic mass is 32.1. The summed E-state index contributed by atoms with van der Waals surface area (Å²) in [6.45, 7) is 0.428. The fourth-order valence-electron chi connectivity index (χ4n) is 2.35. The van der Waals surface area contributed by atoms with E-state index in [-0.39, 0.29) is 18.1 Å². The molecule has 1 aromatic heterocycles. The van der Waals surface area contributed by atoms with Gasteiger partial charge in [0.1, 0.15) is 16.6 Å². The molecule has 0 saturated carbocycles. The Hall–Kier alpha value is -2.73. The van der Waals surface area contributed by atoms with Crippen molar-refractivity contribution in [1.82, 2.24) is 10.3 Å². The second-order valence-electron chi connectivity index (χ2n) is 5.46. The largest absolute Gasteiger partial charge is 0.497 e. The maximum absolute atomic E-state index is 13.3. The van der Waals surface area contributed by atoms with Crippen LogP contribution in [0.2, 0.25) is 0 Å². The third kappa shape index (κ3) is 4.64. The molecular weight excluding hydrogens is 339 g/mol. The van der Waals surface area contributed by atoms with Gasteiger partial charge in [0.2, 0.25) is 5.91 Å². The molecule has 6 heteroatoms. The van der Waals surface area contributed by atoms with Gasteiger partial charge in [-0.1, -0.05) is 24.3 Å². The van der Waals surface area contributed by atoms with Crippen LogP contribution in [0.5, 0.6) is 5.75 Å². The molecule has 0 radical (unpaired) electrons. The van der Waals surface area contributed by atoms with Crippen molar-refractivity contribution in [3.63, 3.8) is 0 Å². The van der Waals surface area contributed by atoms with Gasteiger partial charge in [0, 0.05) is 17.5 Å². The number of rotatable bonds is 6. The molecule has 0 unspecified atom stereocenters. The summed E-state index contributed by atoms with van der Waals surface area (Å²) in [5.41, 5.74) is 2.35. The first kappa shape index (κ1) is 17.1. The monoisotopic (exact) mass is 356 g/mol. The number of thiazole rings is 1. The summed E-state index contributed by atoms with van der Waals surface area (Å²) in [5, 5.41) is 5.40. The standard InChI is InChI=1S/C19H17FN2O2S/c1-24-17-7-2-4-13(8-17)11-21-18(23)10-16-12-25-19(22-16)14-5-3-6-15(20)9-14/h2-9,12H,10-11H2,1H3,(H,21,23). The molecule has 0 atom stereocenters. The van der Waals surface area contributed by atoms with Crippen molar-refractivity contribution in [2.45, 2.75) is 13.0 Å². The lowest BCUT2D eigenvalue weighted by Gasteiger charge is -2.06. The number of carbonyl (C=O) groups is 1. The van der Waals surface area contributed by atoms with E-state index in [1.807, 2.05) is 29.6 Å². The topological polar surface area (TPSA) is 51.2 Å². The Bertz CT molecular complexity index is 879. The minimum atomic E-state index is -0.301. The minimum absolute atomic E-state index is 0.112.